The van der Waals surface area contributed by atoms with Gasteiger partial charge in [0.05, 0.1) is 18.2 Å². The summed E-state index contributed by atoms with van der Waals surface area (Å²) in [4.78, 5) is 16.1. The number of pyridine rings is 1. The van der Waals surface area contributed by atoms with Crippen molar-refractivity contribution in [3.05, 3.63) is 28.9 Å². The molecule has 1 aromatic heterocycles. The zero-order chi connectivity index (χ0) is 17.1. The number of ether oxygens (including phenoxy) is 3. The first kappa shape index (κ1) is 17.0. The highest BCUT2D eigenvalue weighted by molar-refractivity contribution is 9.10. The number of benzene rings is 1. The van der Waals surface area contributed by atoms with E-state index in [0.717, 1.165) is 21.0 Å². The van der Waals surface area contributed by atoms with Crippen molar-refractivity contribution in [1.29, 1.82) is 0 Å². The highest BCUT2D eigenvalue weighted by Crippen LogP contribution is 2.34. The predicted molar refractivity (Wildman–Crippen MR) is 93.5 cm³/mol. The van der Waals surface area contributed by atoms with Gasteiger partial charge in [-0.15, -0.1) is 0 Å². The van der Waals surface area contributed by atoms with Gasteiger partial charge in [0.2, 0.25) is 5.88 Å². The van der Waals surface area contributed by atoms with Crippen LogP contribution < -0.4 is 14.8 Å². The molecular formula is C17H19BrN2O4. The van der Waals surface area contributed by atoms with Gasteiger partial charge in [0, 0.05) is 24.5 Å². The zero-order valence-corrected chi connectivity index (χ0v) is 15.1. The molecule has 1 aliphatic heterocycles. The summed E-state index contributed by atoms with van der Waals surface area (Å²) < 4.78 is 17.2. The minimum absolute atomic E-state index is 0.126. The Balaban J connectivity index is 1.79. The molecule has 6 nitrogen and oxygen atoms in total. The van der Waals surface area contributed by atoms with Crippen molar-refractivity contribution in [3.63, 3.8) is 0 Å². The SMILES string of the molecule is CCOC(=O)[C@@H]1C[C@@H](Oc2nccc3cc(OC)c(Br)cc23)CN1. The molecule has 0 radical (unpaired) electrons. The summed E-state index contributed by atoms with van der Waals surface area (Å²) in [6.07, 6.45) is 2.14. The van der Waals surface area contributed by atoms with Crippen molar-refractivity contribution in [1.82, 2.24) is 10.3 Å². The van der Waals surface area contributed by atoms with Crippen LogP contribution in [-0.2, 0) is 9.53 Å². The number of fused-ring (bicyclic) bond motifs is 1. The fraction of sp³-hybridized carbons (Fsp3) is 0.412. The summed E-state index contributed by atoms with van der Waals surface area (Å²) in [6, 6.07) is 5.45. The monoisotopic (exact) mass is 394 g/mol. The summed E-state index contributed by atoms with van der Waals surface area (Å²) in [5, 5.41) is 5.01. The number of carbonyl (C=O) groups excluding carboxylic acids is 1. The van der Waals surface area contributed by atoms with Crippen LogP contribution in [0.2, 0.25) is 0 Å². The van der Waals surface area contributed by atoms with Crippen LogP contribution in [0.5, 0.6) is 11.6 Å². The third-order valence-electron chi connectivity index (χ3n) is 3.94. The average Bonchev–Trinajstić information content (AvgIpc) is 3.04. The minimum Gasteiger partial charge on any atom is -0.496 e. The van der Waals surface area contributed by atoms with Crippen molar-refractivity contribution in [2.24, 2.45) is 0 Å². The third-order valence-corrected chi connectivity index (χ3v) is 4.56. The van der Waals surface area contributed by atoms with Gasteiger partial charge in [0.1, 0.15) is 17.9 Å². The average molecular weight is 395 g/mol. The van der Waals surface area contributed by atoms with Crippen LogP contribution in [0.3, 0.4) is 0 Å². The van der Waals surface area contributed by atoms with E-state index in [0.29, 0.717) is 25.5 Å². The number of hydrogen-bond donors (Lipinski definition) is 1. The van der Waals surface area contributed by atoms with Gasteiger partial charge in [0.25, 0.3) is 0 Å². The molecule has 0 unspecified atom stereocenters. The Labute approximate surface area is 148 Å². The van der Waals surface area contributed by atoms with Crippen LogP contribution in [0.25, 0.3) is 10.8 Å². The zero-order valence-electron chi connectivity index (χ0n) is 13.5. The summed E-state index contributed by atoms with van der Waals surface area (Å²) in [5.41, 5.74) is 0. The second-order valence-corrected chi connectivity index (χ2v) is 6.37. The summed E-state index contributed by atoms with van der Waals surface area (Å²) in [6.45, 7) is 2.76. The topological polar surface area (TPSA) is 69.7 Å². The van der Waals surface area contributed by atoms with Gasteiger partial charge in [0.15, 0.2) is 0 Å². The van der Waals surface area contributed by atoms with Crippen LogP contribution in [0.1, 0.15) is 13.3 Å². The lowest BCUT2D eigenvalue weighted by Gasteiger charge is -2.14. The Morgan fingerprint density at radius 3 is 3.04 bits per heavy atom. The van der Waals surface area contributed by atoms with Gasteiger partial charge in [-0.3, -0.25) is 4.79 Å². The number of esters is 1. The highest BCUT2D eigenvalue weighted by Gasteiger charge is 2.32. The van der Waals surface area contributed by atoms with E-state index in [9.17, 15) is 4.79 Å². The van der Waals surface area contributed by atoms with Gasteiger partial charge in [-0.25, -0.2) is 4.98 Å². The molecule has 2 atom stereocenters. The molecule has 0 spiro atoms. The fourth-order valence-electron chi connectivity index (χ4n) is 2.77. The Morgan fingerprint density at radius 2 is 2.29 bits per heavy atom. The molecule has 0 amide bonds. The van der Waals surface area contributed by atoms with E-state index in [2.05, 4.69) is 26.2 Å². The summed E-state index contributed by atoms with van der Waals surface area (Å²) in [7, 11) is 1.63. The molecule has 0 saturated carbocycles. The molecule has 0 bridgehead atoms. The standard InChI is InChI=1S/C17H19BrN2O4/c1-3-23-17(21)14-7-11(9-20-14)24-16-12-8-13(18)15(22-2)6-10(12)4-5-19-16/h4-6,8,11,14,20H,3,7,9H2,1-2H3/t11-,14+/m1/s1. The lowest BCUT2D eigenvalue weighted by molar-refractivity contribution is -0.145. The Morgan fingerprint density at radius 1 is 1.46 bits per heavy atom. The number of rotatable bonds is 5. The van der Waals surface area contributed by atoms with Crippen LogP contribution in [0.4, 0.5) is 0 Å². The first-order chi connectivity index (χ1) is 11.6. The first-order valence-corrected chi connectivity index (χ1v) is 8.60. The van der Waals surface area contributed by atoms with E-state index in [4.69, 9.17) is 14.2 Å². The van der Waals surface area contributed by atoms with Crippen molar-refractivity contribution < 1.29 is 19.0 Å². The molecule has 1 fully saturated rings. The number of hydrogen-bond acceptors (Lipinski definition) is 6. The first-order valence-electron chi connectivity index (χ1n) is 7.81. The smallest absolute Gasteiger partial charge is 0.323 e. The van der Waals surface area contributed by atoms with Crippen molar-refractivity contribution in [2.45, 2.75) is 25.5 Å². The number of methoxy groups -OCH3 is 1. The lowest BCUT2D eigenvalue weighted by Crippen LogP contribution is -2.32. The molecule has 1 saturated heterocycles. The van der Waals surface area contributed by atoms with E-state index in [1.54, 1.807) is 20.2 Å². The van der Waals surface area contributed by atoms with Crippen molar-refractivity contribution in [2.75, 3.05) is 20.3 Å². The third kappa shape index (κ3) is 3.47. The van der Waals surface area contributed by atoms with Crippen molar-refractivity contribution >= 4 is 32.7 Å². The van der Waals surface area contributed by atoms with Gasteiger partial charge in [-0.05, 0) is 46.4 Å². The molecule has 128 valence electrons. The molecule has 2 aromatic rings. The Hall–Kier alpha value is -1.86. The van der Waals surface area contributed by atoms with E-state index in [1.165, 1.54) is 0 Å². The molecule has 0 aliphatic carbocycles. The van der Waals surface area contributed by atoms with Gasteiger partial charge in [-0.2, -0.15) is 0 Å². The van der Waals surface area contributed by atoms with E-state index in [1.807, 2.05) is 18.2 Å². The Kier molecular flexibility index (Phi) is 5.20. The summed E-state index contributed by atoms with van der Waals surface area (Å²) >= 11 is 3.49. The van der Waals surface area contributed by atoms with E-state index >= 15 is 0 Å². The maximum Gasteiger partial charge on any atom is 0.323 e. The van der Waals surface area contributed by atoms with Gasteiger partial charge in [-0.1, -0.05) is 0 Å². The predicted octanol–water partition coefficient (Wildman–Crippen LogP) is 2.68. The number of aromatic nitrogens is 1. The van der Waals surface area contributed by atoms with Crippen molar-refractivity contribution in [3.8, 4) is 11.6 Å². The van der Waals surface area contributed by atoms with E-state index in [-0.39, 0.29) is 18.1 Å². The number of nitrogens with one attached hydrogen (secondary N) is 1. The molecule has 7 heteroatoms. The number of carbonyl (C=O) groups is 1. The Bertz CT molecular complexity index is 753. The molecule has 24 heavy (non-hydrogen) atoms. The second-order valence-electron chi connectivity index (χ2n) is 5.51. The molecule has 1 N–H and O–H groups in total. The fourth-order valence-corrected chi connectivity index (χ4v) is 3.28. The van der Waals surface area contributed by atoms with Crippen LogP contribution in [0.15, 0.2) is 28.9 Å². The molecule has 1 aromatic carbocycles. The molecule has 3 rings (SSSR count). The maximum absolute atomic E-state index is 11.8. The number of nitrogens with zero attached hydrogens (tertiary/aromatic N) is 1. The van der Waals surface area contributed by atoms with Crippen LogP contribution in [0, 0.1) is 0 Å². The number of halogens is 1. The minimum atomic E-state index is -0.322. The lowest BCUT2D eigenvalue weighted by atomic mass is 10.1. The second kappa shape index (κ2) is 7.36. The molecular weight excluding hydrogens is 376 g/mol. The van der Waals surface area contributed by atoms with Gasteiger partial charge >= 0.3 is 5.97 Å². The maximum atomic E-state index is 11.8. The normalized spacial score (nSPS) is 20.1. The summed E-state index contributed by atoms with van der Waals surface area (Å²) in [5.74, 6) is 1.07. The van der Waals surface area contributed by atoms with E-state index < -0.39 is 0 Å². The quantitative estimate of drug-likeness (QED) is 0.786. The molecule has 1 aliphatic rings. The largest absolute Gasteiger partial charge is 0.496 e. The van der Waals surface area contributed by atoms with Gasteiger partial charge < -0.3 is 19.5 Å². The van der Waals surface area contributed by atoms with Crippen LogP contribution in [-0.4, -0.2) is 43.4 Å². The molecule has 2 heterocycles. The van der Waals surface area contributed by atoms with Crippen LogP contribution >= 0.6 is 15.9 Å². The highest BCUT2D eigenvalue weighted by atomic mass is 79.9.